The molecule has 16 heavy (non-hydrogen) atoms. The zero-order valence-corrected chi connectivity index (χ0v) is 11.3. The average Bonchev–Trinajstić information content (AvgIpc) is 2.73. The van der Waals surface area contributed by atoms with E-state index < -0.39 is 0 Å². The molecule has 0 bridgehead atoms. The van der Waals surface area contributed by atoms with Gasteiger partial charge in [-0.05, 0) is 52.5 Å². The first kappa shape index (κ1) is 11.6. The van der Waals surface area contributed by atoms with Crippen LogP contribution in [0.25, 0.3) is 0 Å². The Morgan fingerprint density at radius 3 is 2.88 bits per heavy atom. The monoisotopic (exact) mass is 297 g/mol. The van der Waals surface area contributed by atoms with Crippen LogP contribution in [0.4, 0.5) is 5.69 Å². The third-order valence-electron chi connectivity index (χ3n) is 2.17. The van der Waals surface area contributed by atoms with Gasteiger partial charge >= 0.3 is 0 Å². The molecular formula is C12H12BrNOS. The zero-order valence-electron chi connectivity index (χ0n) is 8.87. The van der Waals surface area contributed by atoms with Crippen LogP contribution in [0.1, 0.15) is 5.76 Å². The van der Waals surface area contributed by atoms with Crippen LogP contribution in [-0.2, 0) is 6.54 Å². The van der Waals surface area contributed by atoms with Crippen LogP contribution < -0.4 is 5.32 Å². The van der Waals surface area contributed by atoms with Crippen molar-refractivity contribution in [3.8, 4) is 0 Å². The predicted octanol–water partition coefficient (Wildman–Crippen LogP) is 4.38. The summed E-state index contributed by atoms with van der Waals surface area (Å²) in [7, 11) is 0. The first-order chi connectivity index (χ1) is 7.78. The summed E-state index contributed by atoms with van der Waals surface area (Å²) in [6.07, 6.45) is 2.07. The lowest BCUT2D eigenvalue weighted by Crippen LogP contribution is -1.97. The highest BCUT2D eigenvalue weighted by molar-refractivity contribution is 9.10. The molecule has 0 saturated heterocycles. The highest BCUT2D eigenvalue weighted by Crippen LogP contribution is 2.20. The first-order valence-corrected chi connectivity index (χ1v) is 6.92. The van der Waals surface area contributed by atoms with Crippen LogP contribution in [0.3, 0.4) is 0 Å². The summed E-state index contributed by atoms with van der Waals surface area (Å²) in [6.45, 7) is 0.698. The molecule has 2 nitrogen and oxygen atoms in total. The number of hydrogen-bond acceptors (Lipinski definition) is 3. The minimum atomic E-state index is 0.698. The lowest BCUT2D eigenvalue weighted by atomic mass is 10.3. The molecule has 84 valence electrons. The van der Waals surface area contributed by atoms with Crippen molar-refractivity contribution in [2.75, 3.05) is 11.6 Å². The van der Waals surface area contributed by atoms with Crippen molar-refractivity contribution in [1.29, 1.82) is 0 Å². The van der Waals surface area contributed by atoms with E-state index in [2.05, 4.69) is 45.7 Å². The molecule has 1 aromatic carbocycles. The first-order valence-electron chi connectivity index (χ1n) is 4.90. The average molecular weight is 298 g/mol. The maximum Gasteiger partial charge on any atom is 0.169 e. The standard InChI is InChI=1S/C12H12BrNOS/c1-16-11-4-2-3-9(7-11)14-8-10-5-6-12(13)15-10/h2-7,14H,8H2,1H3. The van der Waals surface area contributed by atoms with E-state index >= 15 is 0 Å². The predicted molar refractivity (Wildman–Crippen MR) is 72.0 cm³/mol. The highest BCUT2D eigenvalue weighted by atomic mass is 79.9. The van der Waals surface area contributed by atoms with E-state index in [1.165, 1.54) is 4.90 Å². The summed E-state index contributed by atoms with van der Waals surface area (Å²) in [4.78, 5) is 1.26. The highest BCUT2D eigenvalue weighted by Gasteiger charge is 1.99. The van der Waals surface area contributed by atoms with Crippen LogP contribution in [0.15, 0.2) is 50.4 Å². The van der Waals surface area contributed by atoms with Crippen molar-refractivity contribution < 1.29 is 4.42 Å². The molecule has 4 heteroatoms. The van der Waals surface area contributed by atoms with Gasteiger partial charge in [0.1, 0.15) is 5.76 Å². The van der Waals surface area contributed by atoms with Crippen LogP contribution in [-0.4, -0.2) is 6.26 Å². The molecule has 1 heterocycles. The van der Waals surface area contributed by atoms with Crippen LogP contribution >= 0.6 is 27.7 Å². The van der Waals surface area contributed by atoms with Gasteiger partial charge in [0.15, 0.2) is 4.67 Å². The zero-order chi connectivity index (χ0) is 11.4. The Kier molecular flexibility index (Phi) is 3.96. The van der Waals surface area contributed by atoms with Crippen LogP contribution in [0.2, 0.25) is 0 Å². The maximum absolute atomic E-state index is 5.41. The van der Waals surface area contributed by atoms with Crippen molar-refractivity contribution in [2.45, 2.75) is 11.4 Å². The Morgan fingerprint density at radius 2 is 2.19 bits per heavy atom. The third kappa shape index (κ3) is 3.06. The van der Waals surface area contributed by atoms with Gasteiger partial charge in [-0.1, -0.05) is 6.07 Å². The quantitative estimate of drug-likeness (QED) is 0.848. The number of benzene rings is 1. The van der Waals surface area contributed by atoms with Crippen LogP contribution in [0, 0.1) is 0 Å². The molecular weight excluding hydrogens is 286 g/mol. The maximum atomic E-state index is 5.41. The fourth-order valence-electron chi connectivity index (χ4n) is 1.37. The van der Waals surface area contributed by atoms with Gasteiger partial charge in [-0.2, -0.15) is 0 Å². The van der Waals surface area contributed by atoms with Gasteiger partial charge in [-0.25, -0.2) is 0 Å². The van der Waals surface area contributed by atoms with Gasteiger partial charge < -0.3 is 9.73 Å². The van der Waals surface area contributed by atoms with Gasteiger partial charge in [0.05, 0.1) is 6.54 Å². The van der Waals surface area contributed by atoms with Crippen LogP contribution in [0.5, 0.6) is 0 Å². The molecule has 0 aliphatic heterocycles. The Balaban J connectivity index is 1.99. The Bertz CT molecular complexity index is 470. The summed E-state index contributed by atoms with van der Waals surface area (Å²) in [5.41, 5.74) is 1.11. The second-order valence-corrected chi connectivity index (χ2v) is 4.95. The van der Waals surface area contributed by atoms with Crippen molar-refractivity contribution in [3.05, 3.63) is 46.8 Å². The number of halogens is 1. The van der Waals surface area contributed by atoms with E-state index in [0.29, 0.717) is 6.54 Å². The fraction of sp³-hybridized carbons (Fsp3) is 0.167. The minimum absolute atomic E-state index is 0.698. The summed E-state index contributed by atoms with van der Waals surface area (Å²) in [6, 6.07) is 12.2. The largest absolute Gasteiger partial charge is 0.452 e. The minimum Gasteiger partial charge on any atom is -0.452 e. The number of thioether (sulfide) groups is 1. The van der Waals surface area contributed by atoms with E-state index in [1.54, 1.807) is 11.8 Å². The summed E-state index contributed by atoms with van der Waals surface area (Å²) >= 11 is 5.02. The number of furan rings is 1. The Morgan fingerprint density at radius 1 is 1.31 bits per heavy atom. The lowest BCUT2D eigenvalue weighted by molar-refractivity contribution is 0.495. The number of rotatable bonds is 4. The van der Waals surface area contributed by atoms with Gasteiger partial charge in [0.25, 0.3) is 0 Å². The summed E-state index contributed by atoms with van der Waals surface area (Å²) in [5.74, 6) is 0.918. The third-order valence-corrected chi connectivity index (χ3v) is 3.32. The van der Waals surface area contributed by atoms with Crippen molar-refractivity contribution in [3.63, 3.8) is 0 Å². The van der Waals surface area contributed by atoms with E-state index in [-0.39, 0.29) is 0 Å². The van der Waals surface area contributed by atoms with Crippen molar-refractivity contribution >= 4 is 33.4 Å². The van der Waals surface area contributed by atoms with E-state index in [1.807, 2.05) is 18.2 Å². The molecule has 0 fully saturated rings. The second-order valence-electron chi connectivity index (χ2n) is 3.29. The summed E-state index contributed by atoms with van der Waals surface area (Å²) in [5, 5.41) is 3.32. The molecule has 0 radical (unpaired) electrons. The molecule has 0 saturated carbocycles. The SMILES string of the molecule is CSc1cccc(NCc2ccc(Br)o2)c1. The summed E-state index contributed by atoms with van der Waals surface area (Å²) < 4.78 is 6.18. The normalized spacial score (nSPS) is 10.4. The Labute approximate surface area is 108 Å². The van der Waals surface area contributed by atoms with Gasteiger partial charge in [0, 0.05) is 10.6 Å². The molecule has 2 aromatic rings. The fourth-order valence-corrected chi connectivity index (χ4v) is 2.17. The smallest absolute Gasteiger partial charge is 0.169 e. The topological polar surface area (TPSA) is 25.2 Å². The lowest BCUT2D eigenvalue weighted by Gasteiger charge is -2.05. The van der Waals surface area contributed by atoms with Gasteiger partial charge in [0.2, 0.25) is 0 Å². The molecule has 0 amide bonds. The number of hydrogen-bond donors (Lipinski definition) is 1. The van der Waals surface area contributed by atoms with Gasteiger partial charge in [-0.15, -0.1) is 11.8 Å². The molecule has 0 unspecified atom stereocenters. The molecule has 0 aliphatic carbocycles. The number of anilines is 1. The molecule has 0 aliphatic rings. The van der Waals surface area contributed by atoms with Crippen molar-refractivity contribution in [1.82, 2.24) is 0 Å². The molecule has 0 spiro atoms. The molecule has 2 rings (SSSR count). The molecule has 1 aromatic heterocycles. The van der Waals surface area contributed by atoms with E-state index in [4.69, 9.17) is 4.42 Å². The van der Waals surface area contributed by atoms with Crippen molar-refractivity contribution in [2.24, 2.45) is 0 Å². The number of nitrogens with one attached hydrogen (secondary N) is 1. The Hall–Kier alpha value is -0.870. The van der Waals surface area contributed by atoms with E-state index in [9.17, 15) is 0 Å². The van der Waals surface area contributed by atoms with Gasteiger partial charge in [-0.3, -0.25) is 0 Å². The van der Waals surface area contributed by atoms with E-state index in [0.717, 1.165) is 16.1 Å². The molecule has 1 N–H and O–H groups in total. The second kappa shape index (κ2) is 5.46. The molecule has 0 atom stereocenters.